The molecule has 2 amide bonds. The van der Waals surface area contributed by atoms with Gasteiger partial charge in [0.05, 0.1) is 6.54 Å². The van der Waals surface area contributed by atoms with Gasteiger partial charge in [0, 0.05) is 20.0 Å². The molecule has 6 nitrogen and oxygen atoms in total. The van der Waals surface area contributed by atoms with Gasteiger partial charge in [0.1, 0.15) is 0 Å². The number of piperidine rings is 2. The fraction of sp³-hybridized carbons (Fsp3) is 0.846. The van der Waals surface area contributed by atoms with Crippen LogP contribution in [-0.2, 0) is 9.59 Å². The van der Waals surface area contributed by atoms with E-state index in [1.165, 1.54) is 26.2 Å². The predicted octanol–water partition coefficient (Wildman–Crippen LogP) is -0.381. The molecule has 6 heteroatoms. The molecule has 1 unspecified atom stereocenters. The van der Waals surface area contributed by atoms with E-state index in [2.05, 4.69) is 21.1 Å². The highest BCUT2D eigenvalue weighted by molar-refractivity contribution is 5.81. The molecule has 3 N–H and O–H groups in total. The van der Waals surface area contributed by atoms with Crippen LogP contribution in [0.3, 0.4) is 0 Å². The highest BCUT2D eigenvalue weighted by atomic mass is 16.2. The second-order valence-corrected chi connectivity index (χ2v) is 5.82. The Hall–Kier alpha value is -1.14. The highest BCUT2D eigenvalue weighted by Gasteiger charge is 2.36. The molecule has 108 valence electrons. The van der Waals surface area contributed by atoms with E-state index < -0.39 is 0 Å². The van der Waals surface area contributed by atoms with Gasteiger partial charge in [-0.15, -0.1) is 0 Å². The van der Waals surface area contributed by atoms with Crippen molar-refractivity contribution in [2.24, 2.45) is 5.41 Å². The summed E-state index contributed by atoms with van der Waals surface area (Å²) in [5.41, 5.74) is 5.11. The number of amides is 2. The summed E-state index contributed by atoms with van der Waals surface area (Å²) in [6, 6.07) is 0. The van der Waals surface area contributed by atoms with Crippen molar-refractivity contribution in [2.75, 3.05) is 32.7 Å². The first-order valence-electron chi connectivity index (χ1n) is 7.08. The summed E-state index contributed by atoms with van der Waals surface area (Å²) >= 11 is 0. The van der Waals surface area contributed by atoms with Crippen molar-refractivity contribution in [1.82, 2.24) is 21.1 Å². The topological polar surface area (TPSA) is 73.5 Å². The zero-order valence-electron chi connectivity index (χ0n) is 11.6. The molecule has 1 atom stereocenters. The van der Waals surface area contributed by atoms with Gasteiger partial charge in [0.25, 0.3) is 5.91 Å². The van der Waals surface area contributed by atoms with E-state index in [1.54, 1.807) is 0 Å². The molecule has 2 fully saturated rings. The first kappa shape index (κ1) is 14.3. The maximum atomic E-state index is 11.7. The Morgan fingerprint density at radius 1 is 1.26 bits per heavy atom. The van der Waals surface area contributed by atoms with Crippen LogP contribution in [-0.4, -0.2) is 49.4 Å². The van der Waals surface area contributed by atoms with E-state index in [9.17, 15) is 9.59 Å². The molecule has 0 saturated carbocycles. The lowest BCUT2D eigenvalue weighted by Gasteiger charge is -2.45. The molecule has 0 aliphatic carbocycles. The van der Waals surface area contributed by atoms with E-state index >= 15 is 0 Å². The molecule has 2 heterocycles. The number of hydrogen-bond donors (Lipinski definition) is 3. The number of rotatable bonds is 2. The molecule has 0 bridgehead atoms. The first-order valence-corrected chi connectivity index (χ1v) is 7.08. The lowest BCUT2D eigenvalue weighted by molar-refractivity contribution is -0.129. The second kappa shape index (κ2) is 6.34. The molecule has 0 aromatic carbocycles. The number of nitrogens with one attached hydrogen (secondary N) is 3. The number of hydrogen-bond acceptors (Lipinski definition) is 4. The average molecular weight is 268 g/mol. The molecule has 0 radical (unpaired) electrons. The van der Waals surface area contributed by atoms with Gasteiger partial charge in [-0.2, -0.15) is 0 Å². The van der Waals surface area contributed by atoms with Crippen molar-refractivity contribution in [3.63, 3.8) is 0 Å². The maximum Gasteiger partial charge on any atom is 0.252 e. The van der Waals surface area contributed by atoms with Crippen molar-refractivity contribution in [3.8, 4) is 0 Å². The largest absolute Gasteiger partial charge is 0.316 e. The van der Waals surface area contributed by atoms with Crippen molar-refractivity contribution in [1.29, 1.82) is 0 Å². The van der Waals surface area contributed by atoms with Crippen LogP contribution < -0.4 is 16.2 Å². The smallest absolute Gasteiger partial charge is 0.252 e. The third-order valence-electron chi connectivity index (χ3n) is 4.05. The molecule has 0 aromatic rings. The van der Waals surface area contributed by atoms with Crippen LogP contribution in [0.15, 0.2) is 0 Å². The summed E-state index contributed by atoms with van der Waals surface area (Å²) in [4.78, 5) is 24.6. The fourth-order valence-electron chi connectivity index (χ4n) is 3.22. The molecule has 2 rings (SSSR count). The van der Waals surface area contributed by atoms with Crippen molar-refractivity contribution in [3.05, 3.63) is 0 Å². The Morgan fingerprint density at radius 3 is 2.74 bits per heavy atom. The highest BCUT2D eigenvalue weighted by Crippen LogP contribution is 2.35. The van der Waals surface area contributed by atoms with Gasteiger partial charge < -0.3 is 5.32 Å². The minimum absolute atomic E-state index is 0.143. The SMILES string of the molecule is CC(=O)NNC(=O)CN1CCCC2(CCCNC2)C1. The summed E-state index contributed by atoms with van der Waals surface area (Å²) in [5, 5.41) is 3.48. The van der Waals surface area contributed by atoms with Crippen molar-refractivity contribution in [2.45, 2.75) is 32.6 Å². The van der Waals surface area contributed by atoms with Gasteiger partial charge in [0.2, 0.25) is 5.91 Å². The van der Waals surface area contributed by atoms with E-state index in [4.69, 9.17) is 0 Å². The standard InChI is InChI=1S/C13H24N4O2/c1-11(18)15-16-12(19)8-17-7-3-5-13(10-17)4-2-6-14-9-13/h14H,2-10H2,1H3,(H,15,18)(H,16,19). The number of hydrazine groups is 1. The minimum Gasteiger partial charge on any atom is -0.316 e. The summed E-state index contributed by atoms with van der Waals surface area (Å²) in [6.45, 7) is 5.87. The normalized spacial score (nSPS) is 28.1. The van der Waals surface area contributed by atoms with E-state index in [-0.39, 0.29) is 11.8 Å². The Balaban J connectivity index is 1.80. The van der Waals surface area contributed by atoms with Crippen molar-refractivity contribution < 1.29 is 9.59 Å². The number of nitrogens with zero attached hydrogens (tertiary/aromatic N) is 1. The second-order valence-electron chi connectivity index (χ2n) is 5.82. The van der Waals surface area contributed by atoms with Gasteiger partial charge in [-0.1, -0.05) is 0 Å². The fourth-order valence-corrected chi connectivity index (χ4v) is 3.22. The first-order chi connectivity index (χ1) is 9.10. The van der Waals surface area contributed by atoms with Crippen LogP contribution >= 0.6 is 0 Å². The van der Waals surface area contributed by atoms with Gasteiger partial charge in [-0.3, -0.25) is 25.3 Å². The number of carbonyl (C=O) groups excluding carboxylic acids is 2. The average Bonchev–Trinajstić information content (AvgIpc) is 2.37. The summed E-state index contributed by atoms with van der Waals surface area (Å²) in [6.07, 6.45) is 4.88. The van der Waals surface area contributed by atoms with Crippen LogP contribution in [0.5, 0.6) is 0 Å². The number of likely N-dealkylation sites (tertiary alicyclic amines) is 1. The minimum atomic E-state index is -0.250. The molecular formula is C13H24N4O2. The maximum absolute atomic E-state index is 11.7. The molecule has 2 aliphatic rings. The van der Waals surface area contributed by atoms with E-state index in [0.717, 1.165) is 32.6 Å². The van der Waals surface area contributed by atoms with Gasteiger partial charge in [-0.25, -0.2) is 0 Å². The Labute approximate surface area is 114 Å². The lowest BCUT2D eigenvalue weighted by atomic mass is 9.74. The monoisotopic (exact) mass is 268 g/mol. The lowest BCUT2D eigenvalue weighted by Crippen LogP contribution is -2.54. The third-order valence-corrected chi connectivity index (χ3v) is 4.05. The molecule has 2 saturated heterocycles. The zero-order valence-corrected chi connectivity index (χ0v) is 11.6. The third kappa shape index (κ3) is 4.18. The van der Waals surface area contributed by atoms with Crippen LogP contribution in [0, 0.1) is 5.41 Å². The zero-order chi connectivity index (χ0) is 13.7. The van der Waals surface area contributed by atoms with E-state index in [0.29, 0.717) is 12.0 Å². The Morgan fingerprint density at radius 2 is 2.05 bits per heavy atom. The molecular weight excluding hydrogens is 244 g/mol. The quantitative estimate of drug-likeness (QED) is 0.597. The van der Waals surface area contributed by atoms with Gasteiger partial charge in [-0.05, 0) is 44.2 Å². The van der Waals surface area contributed by atoms with Gasteiger partial charge >= 0.3 is 0 Å². The van der Waals surface area contributed by atoms with Crippen LogP contribution in [0.1, 0.15) is 32.6 Å². The summed E-state index contributed by atoms with van der Waals surface area (Å²) in [7, 11) is 0. The van der Waals surface area contributed by atoms with Crippen LogP contribution in [0.4, 0.5) is 0 Å². The van der Waals surface area contributed by atoms with Gasteiger partial charge in [0.15, 0.2) is 0 Å². The van der Waals surface area contributed by atoms with Crippen molar-refractivity contribution >= 4 is 11.8 Å². The molecule has 19 heavy (non-hydrogen) atoms. The Kier molecular flexibility index (Phi) is 4.76. The number of carbonyl (C=O) groups is 2. The predicted molar refractivity (Wildman–Crippen MR) is 72.2 cm³/mol. The Bertz CT molecular complexity index is 334. The van der Waals surface area contributed by atoms with Crippen LogP contribution in [0.2, 0.25) is 0 Å². The summed E-state index contributed by atoms with van der Waals surface area (Å²) in [5.74, 6) is -0.393. The van der Waals surface area contributed by atoms with Crippen LogP contribution in [0.25, 0.3) is 0 Å². The summed E-state index contributed by atoms with van der Waals surface area (Å²) < 4.78 is 0. The molecule has 2 aliphatic heterocycles. The van der Waals surface area contributed by atoms with E-state index in [1.807, 2.05) is 0 Å². The molecule has 0 aromatic heterocycles. The molecule has 1 spiro atoms.